The summed E-state index contributed by atoms with van der Waals surface area (Å²) >= 11 is 1.55. The third kappa shape index (κ3) is 5.91. The number of hydrogen-bond donors (Lipinski definition) is 2. The zero-order chi connectivity index (χ0) is 25.1. The number of carbonyl (C=O) groups is 1. The Morgan fingerprint density at radius 2 is 2.00 bits per heavy atom. The first-order chi connectivity index (χ1) is 17.3. The molecule has 1 aliphatic heterocycles. The van der Waals surface area contributed by atoms with Crippen molar-refractivity contribution in [3.8, 4) is 11.5 Å². The Labute approximate surface area is 213 Å². The quantitative estimate of drug-likeness (QED) is 0.378. The van der Waals surface area contributed by atoms with Crippen LogP contribution in [-0.4, -0.2) is 50.8 Å². The lowest BCUT2D eigenvalue weighted by Crippen LogP contribution is -2.46. The first kappa shape index (κ1) is 24.0. The summed E-state index contributed by atoms with van der Waals surface area (Å²) in [5.41, 5.74) is 1.15. The molecule has 4 aromatic rings. The van der Waals surface area contributed by atoms with Gasteiger partial charge in [0, 0.05) is 29.9 Å². The molecule has 36 heavy (non-hydrogen) atoms. The van der Waals surface area contributed by atoms with E-state index in [-0.39, 0.29) is 12.1 Å². The molecule has 0 bridgehead atoms. The van der Waals surface area contributed by atoms with Crippen LogP contribution in [0.25, 0.3) is 22.4 Å². The number of hydrogen-bond acceptors (Lipinski definition) is 10. The maximum atomic E-state index is 12.0. The largest absolute Gasteiger partial charge is 0.454 e. The fraction of sp³-hybridized carbons (Fsp3) is 0.400. The Bertz CT molecular complexity index is 1310. The molecule has 1 aromatic carbocycles. The Hall–Kier alpha value is -3.73. The van der Waals surface area contributed by atoms with Crippen molar-refractivity contribution in [3.63, 3.8) is 0 Å². The van der Waals surface area contributed by atoms with E-state index in [1.807, 2.05) is 56.5 Å². The van der Waals surface area contributed by atoms with Gasteiger partial charge in [0.05, 0.1) is 6.54 Å². The summed E-state index contributed by atoms with van der Waals surface area (Å²) in [5, 5.41) is 10.1. The number of ether oxygens (including phenoxy) is 1. The van der Waals surface area contributed by atoms with E-state index in [2.05, 4.69) is 30.5 Å². The third-order valence-corrected chi connectivity index (χ3v) is 6.53. The van der Waals surface area contributed by atoms with Crippen LogP contribution in [0.5, 0.6) is 0 Å². The van der Waals surface area contributed by atoms with E-state index >= 15 is 0 Å². The summed E-state index contributed by atoms with van der Waals surface area (Å²) < 4.78 is 11.3. The zero-order valence-corrected chi connectivity index (χ0v) is 21.3. The first-order valence-electron chi connectivity index (χ1n) is 11.9. The number of rotatable bonds is 6. The topological polar surface area (TPSA) is 118 Å². The van der Waals surface area contributed by atoms with Crippen molar-refractivity contribution in [1.82, 2.24) is 25.3 Å². The zero-order valence-electron chi connectivity index (χ0n) is 20.5. The summed E-state index contributed by atoms with van der Waals surface area (Å²) in [5.74, 6) is 1.87. The summed E-state index contributed by atoms with van der Waals surface area (Å²) in [6.07, 6.45) is 2.71. The predicted octanol–water partition coefficient (Wildman–Crippen LogP) is 4.85. The van der Waals surface area contributed by atoms with E-state index in [4.69, 9.17) is 14.1 Å². The van der Waals surface area contributed by atoms with E-state index in [0.29, 0.717) is 18.4 Å². The number of alkyl carbamates (subject to hydrolysis) is 1. The normalized spacial score (nSPS) is 14.7. The molecule has 0 radical (unpaired) electrons. The van der Waals surface area contributed by atoms with Crippen molar-refractivity contribution >= 4 is 40.3 Å². The molecule has 1 amide bonds. The summed E-state index contributed by atoms with van der Waals surface area (Å²) in [6, 6.07) is 10.00. The van der Waals surface area contributed by atoms with Crippen LogP contribution >= 0.6 is 11.3 Å². The Morgan fingerprint density at radius 1 is 1.19 bits per heavy atom. The van der Waals surface area contributed by atoms with Gasteiger partial charge in [-0.05, 0) is 45.7 Å². The van der Waals surface area contributed by atoms with Gasteiger partial charge < -0.3 is 24.7 Å². The third-order valence-electron chi connectivity index (χ3n) is 5.69. The van der Waals surface area contributed by atoms with Gasteiger partial charge in [0.1, 0.15) is 28.2 Å². The van der Waals surface area contributed by atoms with E-state index < -0.39 is 5.60 Å². The van der Waals surface area contributed by atoms with Crippen molar-refractivity contribution in [2.75, 3.05) is 23.3 Å². The van der Waals surface area contributed by atoms with Gasteiger partial charge >= 0.3 is 6.09 Å². The molecule has 0 unspecified atom stereocenters. The minimum Gasteiger partial charge on any atom is -0.454 e. The molecule has 188 valence electrons. The Balaban J connectivity index is 1.14. The second-order valence-corrected chi connectivity index (χ2v) is 10.6. The number of benzene rings is 1. The van der Waals surface area contributed by atoms with Gasteiger partial charge in [0.25, 0.3) is 0 Å². The molecule has 1 aliphatic rings. The second-order valence-electron chi connectivity index (χ2n) is 9.65. The van der Waals surface area contributed by atoms with Crippen molar-refractivity contribution in [1.29, 1.82) is 0 Å². The number of fused-ring (bicyclic) bond motifs is 1. The van der Waals surface area contributed by atoms with E-state index in [9.17, 15) is 4.79 Å². The number of piperidine rings is 1. The fourth-order valence-electron chi connectivity index (χ4n) is 3.99. The van der Waals surface area contributed by atoms with Crippen molar-refractivity contribution < 1.29 is 13.9 Å². The summed E-state index contributed by atoms with van der Waals surface area (Å²) in [6.45, 7) is 7.53. The molecule has 3 aromatic heterocycles. The number of nitrogens with one attached hydrogen (secondary N) is 2. The van der Waals surface area contributed by atoms with Crippen LogP contribution in [0.2, 0.25) is 0 Å². The molecule has 1 fully saturated rings. The lowest BCUT2D eigenvalue weighted by atomic mass is 10.1. The monoisotopic (exact) mass is 507 g/mol. The van der Waals surface area contributed by atoms with E-state index in [1.165, 1.54) is 6.33 Å². The lowest BCUT2D eigenvalue weighted by Gasteiger charge is -2.32. The minimum atomic E-state index is -0.507. The van der Waals surface area contributed by atoms with Crippen LogP contribution in [-0.2, 0) is 11.3 Å². The maximum absolute atomic E-state index is 12.0. The highest BCUT2D eigenvalue weighted by Gasteiger charge is 2.25. The SMILES string of the molecule is CC(C)(C)OC(=O)NC1CCN(c2ncnc(NCc3nc(-c4cc5ccccc5o4)cs3)n2)CC1. The molecular weight excluding hydrogens is 478 g/mol. The average Bonchev–Trinajstić information content (AvgIpc) is 3.49. The van der Waals surface area contributed by atoms with Crippen LogP contribution in [0.3, 0.4) is 0 Å². The van der Waals surface area contributed by atoms with Gasteiger partial charge in [-0.15, -0.1) is 11.3 Å². The Kier molecular flexibility index (Phi) is 6.73. The standard InChI is InChI=1S/C25H29N7O3S/c1-25(2,3)35-24(33)29-17-8-10-32(11-9-17)23-28-15-27-22(31-23)26-13-21-30-18(14-36-21)20-12-16-6-4-5-7-19(16)34-20/h4-7,12,14-15,17H,8-11,13H2,1-3H3,(H,29,33)(H,26,27,28,31). The number of carbonyl (C=O) groups excluding carboxylic acids is 1. The van der Waals surface area contributed by atoms with Crippen molar-refractivity contribution in [2.45, 2.75) is 51.8 Å². The maximum Gasteiger partial charge on any atom is 0.407 e. The number of anilines is 2. The molecule has 5 rings (SSSR count). The van der Waals surface area contributed by atoms with Gasteiger partial charge in [-0.25, -0.2) is 19.7 Å². The number of thiazole rings is 1. The first-order valence-corrected chi connectivity index (χ1v) is 12.8. The molecule has 11 heteroatoms. The minimum absolute atomic E-state index is 0.0707. The highest BCUT2D eigenvalue weighted by Crippen LogP contribution is 2.29. The molecule has 10 nitrogen and oxygen atoms in total. The number of furan rings is 1. The summed E-state index contributed by atoms with van der Waals surface area (Å²) in [4.78, 5) is 32.0. The van der Waals surface area contributed by atoms with Gasteiger partial charge in [-0.1, -0.05) is 18.2 Å². The number of para-hydroxylation sites is 1. The number of amides is 1. The molecule has 0 spiro atoms. The average molecular weight is 508 g/mol. The second kappa shape index (κ2) is 10.1. The highest BCUT2D eigenvalue weighted by molar-refractivity contribution is 7.09. The molecule has 1 saturated heterocycles. The molecule has 0 atom stereocenters. The molecular formula is C25H29N7O3S. The van der Waals surface area contributed by atoms with Gasteiger partial charge in [-0.3, -0.25) is 0 Å². The van der Waals surface area contributed by atoms with Crippen LogP contribution in [0, 0.1) is 0 Å². The van der Waals surface area contributed by atoms with Crippen LogP contribution in [0.1, 0.15) is 38.6 Å². The molecule has 4 heterocycles. The van der Waals surface area contributed by atoms with Crippen LogP contribution in [0.4, 0.5) is 16.7 Å². The molecule has 0 aliphatic carbocycles. The highest BCUT2D eigenvalue weighted by atomic mass is 32.1. The smallest absolute Gasteiger partial charge is 0.407 e. The Morgan fingerprint density at radius 3 is 2.78 bits per heavy atom. The van der Waals surface area contributed by atoms with Gasteiger partial charge in [0.15, 0.2) is 5.76 Å². The van der Waals surface area contributed by atoms with E-state index in [0.717, 1.165) is 53.4 Å². The van der Waals surface area contributed by atoms with Crippen LogP contribution in [0.15, 0.2) is 46.5 Å². The van der Waals surface area contributed by atoms with Crippen molar-refractivity contribution in [3.05, 3.63) is 47.0 Å². The van der Waals surface area contributed by atoms with Crippen LogP contribution < -0.4 is 15.5 Å². The lowest BCUT2D eigenvalue weighted by molar-refractivity contribution is 0.0497. The number of aromatic nitrogens is 4. The number of nitrogens with zero attached hydrogens (tertiary/aromatic N) is 5. The fourth-order valence-corrected chi connectivity index (χ4v) is 4.71. The van der Waals surface area contributed by atoms with Gasteiger partial charge in [0.2, 0.25) is 11.9 Å². The summed E-state index contributed by atoms with van der Waals surface area (Å²) in [7, 11) is 0. The van der Waals surface area contributed by atoms with E-state index in [1.54, 1.807) is 11.3 Å². The molecule has 0 saturated carbocycles. The van der Waals surface area contributed by atoms with Crippen molar-refractivity contribution in [2.24, 2.45) is 0 Å². The predicted molar refractivity (Wildman–Crippen MR) is 139 cm³/mol. The molecule has 2 N–H and O–H groups in total. The van der Waals surface area contributed by atoms with Gasteiger partial charge in [-0.2, -0.15) is 4.98 Å².